The van der Waals surface area contributed by atoms with Crippen molar-refractivity contribution in [2.45, 2.75) is 11.8 Å². The molecule has 0 aliphatic heterocycles. The number of aromatic hydroxyl groups is 2. The van der Waals surface area contributed by atoms with E-state index in [0.717, 1.165) is 25.8 Å². The molecule has 0 saturated heterocycles. The Morgan fingerprint density at radius 1 is 0.590 bits per heavy atom. The fraction of sp³-hybridized carbons (Fsp3) is 0.0625. The van der Waals surface area contributed by atoms with Crippen molar-refractivity contribution in [3.05, 3.63) is 121 Å². The quantitative estimate of drug-likeness (QED) is 0.183. The van der Waals surface area contributed by atoms with E-state index in [1.807, 2.05) is 53.0 Å². The standard InChI is InChI=1S/C32H17Br2NO2S2/c33-25-17-12-6-7-13-18(17)26(34)28-24(25)30-29(39-28)23-19-15-10-4-5-11-16(15)20(27(23)38-30)22-21(19)31(36)35(32(22)37)14-8-2-1-3-9-14/h1-13,19-20,36-37H/t19-,20+/m0/s1. The Hall–Kier alpha value is -3.10. The molecule has 2 N–H and O–H groups in total. The molecular weight excluding hydrogens is 654 g/mol. The summed E-state index contributed by atoms with van der Waals surface area (Å²) >= 11 is 11.6. The number of halogens is 2. The first-order chi connectivity index (χ1) is 19.1. The zero-order chi connectivity index (χ0) is 26.2. The van der Waals surface area contributed by atoms with Gasteiger partial charge in [-0.15, -0.1) is 22.7 Å². The van der Waals surface area contributed by atoms with Gasteiger partial charge in [0.2, 0.25) is 11.8 Å². The van der Waals surface area contributed by atoms with Gasteiger partial charge in [0.15, 0.2) is 0 Å². The zero-order valence-corrected chi connectivity index (χ0v) is 24.9. The van der Waals surface area contributed by atoms with Crippen LogP contribution in [-0.4, -0.2) is 14.8 Å². The number of hydrogen-bond acceptors (Lipinski definition) is 4. The van der Waals surface area contributed by atoms with Crippen molar-refractivity contribution in [2.75, 3.05) is 0 Å². The van der Waals surface area contributed by atoms with Crippen LogP contribution in [-0.2, 0) is 0 Å². The minimum atomic E-state index is -0.152. The highest BCUT2D eigenvalue weighted by atomic mass is 79.9. The van der Waals surface area contributed by atoms with Crippen LogP contribution in [0.25, 0.3) is 35.9 Å². The van der Waals surface area contributed by atoms with E-state index < -0.39 is 0 Å². The summed E-state index contributed by atoms with van der Waals surface area (Å²) in [5.41, 5.74) is 6.11. The number of para-hydroxylation sites is 1. The van der Waals surface area contributed by atoms with Gasteiger partial charge in [0, 0.05) is 42.2 Å². The van der Waals surface area contributed by atoms with Gasteiger partial charge in [-0.05, 0) is 71.5 Å². The average Bonchev–Trinajstić information content (AvgIpc) is 3.61. The smallest absolute Gasteiger partial charge is 0.203 e. The molecule has 10 rings (SSSR count). The molecule has 7 heteroatoms. The van der Waals surface area contributed by atoms with Gasteiger partial charge in [0.1, 0.15) is 0 Å². The monoisotopic (exact) mass is 669 g/mol. The largest absolute Gasteiger partial charge is 0.494 e. The van der Waals surface area contributed by atoms with Crippen molar-refractivity contribution in [2.24, 2.45) is 0 Å². The molecule has 0 saturated carbocycles. The Labute approximate surface area is 247 Å². The summed E-state index contributed by atoms with van der Waals surface area (Å²) in [5, 5.41) is 27.0. The van der Waals surface area contributed by atoms with E-state index in [2.05, 4.69) is 80.4 Å². The Bertz CT molecular complexity index is 2190. The van der Waals surface area contributed by atoms with Gasteiger partial charge in [-0.25, -0.2) is 0 Å². The molecule has 0 fully saturated rings. The van der Waals surface area contributed by atoms with Gasteiger partial charge >= 0.3 is 0 Å². The number of fused-ring (bicyclic) bond motifs is 4. The summed E-state index contributed by atoms with van der Waals surface area (Å²) in [6.45, 7) is 0. The SMILES string of the molecule is Oc1c2c(c(O)n1-c1ccccc1)[C@@H]1c3ccccc3[C@H]2c2sc3c(sc4c(Br)c5ccccc5c(Br)c43)c21. The van der Waals surface area contributed by atoms with Crippen LogP contribution in [0.3, 0.4) is 0 Å². The topological polar surface area (TPSA) is 45.4 Å². The summed E-state index contributed by atoms with van der Waals surface area (Å²) in [6, 6.07) is 26.6. The van der Waals surface area contributed by atoms with Crippen molar-refractivity contribution in [1.29, 1.82) is 0 Å². The lowest BCUT2D eigenvalue weighted by molar-refractivity contribution is 0.399. The van der Waals surface area contributed by atoms with Crippen LogP contribution in [0.1, 0.15) is 44.5 Å². The lowest BCUT2D eigenvalue weighted by Crippen LogP contribution is -2.24. The minimum Gasteiger partial charge on any atom is -0.494 e. The number of hydrogen-bond donors (Lipinski definition) is 2. The van der Waals surface area contributed by atoms with E-state index in [9.17, 15) is 10.2 Å². The highest BCUT2D eigenvalue weighted by Crippen LogP contribution is 2.66. The Morgan fingerprint density at radius 2 is 1.18 bits per heavy atom. The molecule has 3 nitrogen and oxygen atoms in total. The molecule has 0 radical (unpaired) electrons. The zero-order valence-electron chi connectivity index (χ0n) is 20.1. The van der Waals surface area contributed by atoms with Crippen LogP contribution >= 0.6 is 54.5 Å². The maximum absolute atomic E-state index is 11.7. The predicted octanol–water partition coefficient (Wildman–Crippen LogP) is 9.98. The van der Waals surface area contributed by atoms with Crippen molar-refractivity contribution in [1.82, 2.24) is 4.57 Å². The highest BCUT2D eigenvalue weighted by Gasteiger charge is 2.49. The lowest BCUT2D eigenvalue weighted by atomic mass is 9.65. The maximum Gasteiger partial charge on any atom is 0.203 e. The Morgan fingerprint density at radius 3 is 1.90 bits per heavy atom. The molecule has 0 unspecified atom stereocenters. The summed E-state index contributed by atoms with van der Waals surface area (Å²) in [6.07, 6.45) is 0. The van der Waals surface area contributed by atoms with Gasteiger partial charge in [0.25, 0.3) is 0 Å². The highest BCUT2D eigenvalue weighted by molar-refractivity contribution is 9.11. The molecule has 3 aromatic heterocycles. The summed E-state index contributed by atoms with van der Waals surface area (Å²) in [5.74, 6) is -0.0342. The van der Waals surface area contributed by atoms with E-state index in [-0.39, 0.29) is 23.6 Å². The lowest BCUT2D eigenvalue weighted by Gasteiger charge is -2.38. The van der Waals surface area contributed by atoms with Crippen LogP contribution in [0.4, 0.5) is 0 Å². The number of thiophene rings is 2. The normalized spacial score (nSPS) is 17.2. The van der Waals surface area contributed by atoms with Crippen LogP contribution in [0.5, 0.6) is 11.8 Å². The summed E-state index contributed by atoms with van der Waals surface area (Å²) in [7, 11) is 0. The molecule has 39 heavy (non-hydrogen) atoms. The van der Waals surface area contributed by atoms with Gasteiger partial charge in [-0.3, -0.25) is 4.57 Å². The molecule has 3 aliphatic rings. The third-order valence-electron chi connectivity index (χ3n) is 8.36. The molecule has 3 aliphatic carbocycles. The third kappa shape index (κ3) is 2.67. The van der Waals surface area contributed by atoms with Crippen molar-refractivity contribution in [3.63, 3.8) is 0 Å². The van der Waals surface area contributed by atoms with Crippen LogP contribution in [0.15, 0.2) is 87.8 Å². The fourth-order valence-corrected chi connectivity index (χ4v) is 11.7. The second-order valence-corrected chi connectivity index (χ2v) is 13.8. The van der Waals surface area contributed by atoms with Gasteiger partial charge in [-0.2, -0.15) is 0 Å². The minimum absolute atomic E-state index is 0.123. The predicted molar refractivity (Wildman–Crippen MR) is 168 cm³/mol. The molecule has 7 aromatic rings. The van der Waals surface area contributed by atoms with Gasteiger partial charge < -0.3 is 10.2 Å². The molecular formula is C32H17Br2NO2S2. The second-order valence-electron chi connectivity index (χ2n) is 10.2. The second kappa shape index (κ2) is 7.76. The summed E-state index contributed by atoms with van der Waals surface area (Å²) < 4.78 is 7.61. The Kier molecular flexibility index (Phi) is 4.51. The molecule has 3 heterocycles. The number of nitrogens with zero attached hydrogens (tertiary/aromatic N) is 1. The third-order valence-corrected chi connectivity index (χ3v) is 12.9. The number of rotatable bonds is 1. The van der Waals surface area contributed by atoms with Crippen LogP contribution in [0.2, 0.25) is 0 Å². The van der Waals surface area contributed by atoms with Crippen molar-refractivity contribution in [3.8, 4) is 17.4 Å². The molecule has 4 aromatic carbocycles. The maximum atomic E-state index is 11.7. The first-order valence-corrected chi connectivity index (χ1v) is 15.8. The molecule has 2 atom stereocenters. The molecule has 188 valence electrons. The van der Waals surface area contributed by atoms with Crippen molar-refractivity contribution < 1.29 is 10.2 Å². The van der Waals surface area contributed by atoms with Gasteiger partial charge in [0.05, 0.1) is 19.8 Å². The molecule has 0 amide bonds. The first kappa shape index (κ1) is 22.7. The number of aromatic nitrogens is 1. The van der Waals surface area contributed by atoms with Gasteiger partial charge in [-0.1, -0.05) is 66.7 Å². The molecule has 0 spiro atoms. The van der Waals surface area contributed by atoms with Crippen LogP contribution < -0.4 is 0 Å². The summed E-state index contributed by atoms with van der Waals surface area (Å²) in [4.78, 5) is 1.27. The van der Waals surface area contributed by atoms with Crippen molar-refractivity contribution >= 4 is 84.8 Å². The van der Waals surface area contributed by atoms with E-state index in [1.54, 1.807) is 4.57 Å². The van der Waals surface area contributed by atoms with Crippen LogP contribution in [0, 0.1) is 0 Å². The van der Waals surface area contributed by atoms with E-state index in [0.29, 0.717) is 0 Å². The fourth-order valence-electron chi connectivity index (χ4n) is 6.82. The van der Waals surface area contributed by atoms with E-state index in [4.69, 9.17) is 0 Å². The number of benzene rings is 4. The van der Waals surface area contributed by atoms with E-state index >= 15 is 0 Å². The first-order valence-electron chi connectivity index (χ1n) is 12.6. The Balaban J connectivity index is 1.41. The molecule has 2 bridgehead atoms. The average molecular weight is 671 g/mol. The van der Waals surface area contributed by atoms with E-state index in [1.165, 1.54) is 51.8 Å².